The van der Waals surface area contributed by atoms with Gasteiger partial charge in [-0.2, -0.15) is 0 Å². The molecule has 0 spiro atoms. The predicted octanol–water partition coefficient (Wildman–Crippen LogP) is 5.54. The third-order valence-electron chi connectivity index (χ3n) is 2.02. The lowest BCUT2D eigenvalue weighted by atomic mass is 10.3. The lowest BCUT2D eigenvalue weighted by Gasteiger charge is -2.06. The van der Waals surface area contributed by atoms with Crippen LogP contribution in [0.5, 0.6) is 0 Å². The van der Waals surface area contributed by atoms with Gasteiger partial charge >= 0.3 is 0 Å². The van der Waals surface area contributed by atoms with Crippen LogP contribution < -0.4 is 5.32 Å². The highest BCUT2D eigenvalue weighted by Crippen LogP contribution is 2.32. The Morgan fingerprint density at radius 1 is 1.19 bits per heavy atom. The van der Waals surface area contributed by atoms with Gasteiger partial charge in [0, 0.05) is 26.1 Å². The van der Waals surface area contributed by atoms with E-state index in [4.69, 9.17) is 11.6 Å². The molecule has 0 saturated carbocycles. The van der Waals surface area contributed by atoms with Crippen LogP contribution in [0.15, 0.2) is 39.3 Å². The summed E-state index contributed by atoms with van der Waals surface area (Å²) in [6.45, 7) is 0.776. The van der Waals surface area contributed by atoms with Gasteiger partial charge in [0.1, 0.15) is 4.34 Å². The summed E-state index contributed by atoms with van der Waals surface area (Å²) in [7, 11) is 0. The van der Waals surface area contributed by atoms with Crippen molar-refractivity contribution in [2.45, 2.75) is 6.54 Å². The summed E-state index contributed by atoms with van der Waals surface area (Å²) in [5.41, 5.74) is 1.09. The first-order valence-corrected chi connectivity index (χ1v) is 7.37. The number of hydrogen-bond acceptors (Lipinski definition) is 2. The topological polar surface area (TPSA) is 12.0 Å². The summed E-state index contributed by atoms with van der Waals surface area (Å²) in [6, 6.07) is 10.1. The number of thiophene rings is 1. The van der Waals surface area contributed by atoms with Gasteiger partial charge in [0.2, 0.25) is 0 Å². The number of halogens is 3. The van der Waals surface area contributed by atoms with Gasteiger partial charge in [-0.25, -0.2) is 0 Å². The predicted molar refractivity (Wildman–Crippen MR) is 78.5 cm³/mol. The maximum absolute atomic E-state index is 5.98. The average Bonchev–Trinajstić information content (AvgIpc) is 2.57. The van der Waals surface area contributed by atoms with Crippen molar-refractivity contribution in [1.82, 2.24) is 0 Å². The summed E-state index contributed by atoms with van der Waals surface area (Å²) >= 11 is 14.5. The monoisotopic (exact) mass is 379 g/mol. The van der Waals surface area contributed by atoms with Crippen LogP contribution in [0.2, 0.25) is 4.34 Å². The normalized spacial score (nSPS) is 10.4. The zero-order valence-corrected chi connectivity index (χ0v) is 12.9. The quantitative estimate of drug-likeness (QED) is 0.736. The summed E-state index contributed by atoms with van der Waals surface area (Å²) < 4.78 is 2.82. The molecule has 0 radical (unpaired) electrons. The molecule has 0 atom stereocenters. The van der Waals surface area contributed by atoms with Crippen LogP contribution in [0.4, 0.5) is 5.69 Å². The molecule has 1 aromatic carbocycles. The third-order valence-corrected chi connectivity index (χ3v) is 5.19. The SMILES string of the molecule is Clc1sc(CNc2ccccc2Br)cc1Br. The van der Waals surface area contributed by atoms with Crippen LogP contribution in [0.25, 0.3) is 0 Å². The molecule has 1 nitrogen and oxygen atoms in total. The van der Waals surface area contributed by atoms with Crippen LogP contribution in [0, 0.1) is 0 Å². The van der Waals surface area contributed by atoms with Crippen LogP contribution in [-0.2, 0) is 6.54 Å². The van der Waals surface area contributed by atoms with E-state index in [2.05, 4.69) is 37.2 Å². The average molecular weight is 382 g/mol. The Bertz CT molecular complexity index is 479. The smallest absolute Gasteiger partial charge is 0.107 e. The molecule has 0 aliphatic carbocycles. The van der Waals surface area contributed by atoms with E-state index in [0.717, 1.165) is 25.5 Å². The van der Waals surface area contributed by atoms with Crippen molar-refractivity contribution < 1.29 is 0 Å². The molecule has 84 valence electrons. The first-order valence-electron chi connectivity index (χ1n) is 4.59. The van der Waals surface area contributed by atoms with Gasteiger partial charge in [0.25, 0.3) is 0 Å². The minimum atomic E-state index is 0.776. The van der Waals surface area contributed by atoms with Crippen molar-refractivity contribution in [2.75, 3.05) is 5.32 Å². The van der Waals surface area contributed by atoms with Crippen LogP contribution >= 0.6 is 54.8 Å². The first kappa shape index (κ1) is 12.4. The molecule has 1 heterocycles. The van der Waals surface area contributed by atoms with Crippen LogP contribution in [0.1, 0.15) is 4.88 Å². The molecule has 0 amide bonds. The standard InChI is InChI=1S/C11H8Br2ClNS/c12-8-3-1-2-4-10(8)15-6-7-5-9(13)11(14)16-7/h1-5,15H,6H2. The second-order valence-corrected chi connectivity index (χ2v) is 6.62. The second kappa shape index (κ2) is 5.54. The third kappa shape index (κ3) is 3.00. The van der Waals surface area contributed by atoms with Gasteiger partial charge in [-0.05, 0) is 50.1 Å². The summed E-state index contributed by atoms with van der Waals surface area (Å²) in [5, 5.41) is 3.35. The molecule has 1 N–H and O–H groups in total. The van der Waals surface area contributed by atoms with Gasteiger partial charge < -0.3 is 5.32 Å². The summed E-state index contributed by atoms with van der Waals surface area (Å²) in [5.74, 6) is 0. The minimum Gasteiger partial charge on any atom is -0.379 e. The Kier molecular flexibility index (Phi) is 4.30. The van der Waals surface area contributed by atoms with Crippen molar-refractivity contribution in [2.24, 2.45) is 0 Å². The Morgan fingerprint density at radius 3 is 2.56 bits per heavy atom. The van der Waals surface area contributed by atoms with Crippen molar-refractivity contribution in [3.05, 3.63) is 48.5 Å². The lowest BCUT2D eigenvalue weighted by molar-refractivity contribution is 1.19. The zero-order valence-electron chi connectivity index (χ0n) is 8.14. The van der Waals surface area contributed by atoms with E-state index < -0.39 is 0 Å². The molecule has 0 unspecified atom stereocenters. The molecule has 0 saturated heterocycles. The maximum atomic E-state index is 5.98. The molecule has 5 heteroatoms. The van der Waals surface area contributed by atoms with Gasteiger partial charge in [0.05, 0.1) is 0 Å². The molecule has 0 aliphatic rings. The zero-order chi connectivity index (χ0) is 11.5. The van der Waals surface area contributed by atoms with Crippen LogP contribution in [-0.4, -0.2) is 0 Å². The van der Waals surface area contributed by atoms with Gasteiger partial charge in [-0.1, -0.05) is 23.7 Å². The highest BCUT2D eigenvalue weighted by molar-refractivity contribution is 9.11. The Hall–Kier alpha value is -0.0300. The van der Waals surface area contributed by atoms with Crippen molar-refractivity contribution in [3.63, 3.8) is 0 Å². The van der Waals surface area contributed by atoms with Crippen molar-refractivity contribution in [3.8, 4) is 0 Å². The fourth-order valence-electron chi connectivity index (χ4n) is 1.27. The number of benzene rings is 1. The Balaban J connectivity index is 2.05. The van der Waals surface area contributed by atoms with E-state index in [1.54, 1.807) is 11.3 Å². The number of para-hydroxylation sites is 1. The lowest BCUT2D eigenvalue weighted by Crippen LogP contribution is -1.97. The van der Waals surface area contributed by atoms with Crippen LogP contribution in [0.3, 0.4) is 0 Å². The fraction of sp³-hybridized carbons (Fsp3) is 0.0909. The highest BCUT2D eigenvalue weighted by atomic mass is 79.9. The number of rotatable bonds is 3. The van der Waals surface area contributed by atoms with E-state index in [1.165, 1.54) is 4.88 Å². The number of nitrogens with one attached hydrogen (secondary N) is 1. The summed E-state index contributed by atoms with van der Waals surface area (Å²) in [6.07, 6.45) is 0. The molecule has 0 aliphatic heterocycles. The summed E-state index contributed by atoms with van der Waals surface area (Å²) in [4.78, 5) is 1.20. The van der Waals surface area contributed by atoms with E-state index in [9.17, 15) is 0 Å². The highest BCUT2D eigenvalue weighted by Gasteiger charge is 2.04. The molecule has 1 aromatic heterocycles. The molecular formula is C11H8Br2ClNS. The Morgan fingerprint density at radius 2 is 1.94 bits per heavy atom. The Labute approximate surface area is 120 Å². The minimum absolute atomic E-state index is 0.776. The van der Waals surface area contributed by atoms with Gasteiger partial charge in [-0.3, -0.25) is 0 Å². The van der Waals surface area contributed by atoms with Crippen molar-refractivity contribution in [1.29, 1.82) is 0 Å². The molecular weight excluding hydrogens is 373 g/mol. The van der Waals surface area contributed by atoms with Gasteiger partial charge in [-0.15, -0.1) is 11.3 Å². The van der Waals surface area contributed by atoms with E-state index >= 15 is 0 Å². The van der Waals surface area contributed by atoms with E-state index in [1.807, 2.05) is 30.3 Å². The van der Waals surface area contributed by atoms with Gasteiger partial charge in [0.15, 0.2) is 0 Å². The van der Waals surface area contributed by atoms with E-state index in [-0.39, 0.29) is 0 Å². The molecule has 16 heavy (non-hydrogen) atoms. The van der Waals surface area contributed by atoms with Crippen molar-refractivity contribution >= 4 is 60.5 Å². The largest absolute Gasteiger partial charge is 0.379 e. The first-order chi connectivity index (χ1) is 7.66. The maximum Gasteiger partial charge on any atom is 0.107 e. The number of hydrogen-bond donors (Lipinski definition) is 1. The molecule has 2 rings (SSSR count). The second-order valence-electron chi connectivity index (χ2n) is 3.17. The number of anilines is 1. The molecule has 0 fully saturated rings. The van der Waals surface area contributed by atoms with E-state index in [0.29, 0.717) is 0 Å². The fourth-order valence-corrected chi connectivity index (χ4v) is 3.42. The molecule has 0 bridgehead atoms. The molecule has 2 aromatic rings.